The number of rotatable bonds is 70. The maximum atomic E-state index is 14.4. The molecular formula is C87H154N4O29S2. The number of esters is 2. The normalized spacial score (nSPS) is 25.4. The Morgan fingerprint density at radius 2 is 0.828 bits per heavy atom. The van der Waals surface area contributed by atoms with Crippen LogP contribution < -0.4 is 16.0 Å². The fourth-order valence-electron chi connectivity index (χ4n) is 15.7. The van der Waals surface area contributed by atoms with Gasteiger partial charge in [-0.3, -0.25) is 38.4 Å². The van der Waals surface area contributed by atoms with Gasteiger partial charge >= 0.3 is 18.0 Å². The highest BCUT2D eigenvalue weighted by Gasteiger charge is 2.46. The summed E-state index contributed by atoms with van der Waals surface area (Å²) in [5.41, 5.74) is -0.682. The number of hydrogen-bond acceptors (Lipinski definition) is 31. The molecule has 708 valence electrons. The number of carbonyl (C=O) groups excluding carboxylic acids is 9. The number of ether oxygens (including phenoxy) is 11. The van der Waals surface area contributed by atoms with Crippen LogP contribution in [-0.4, -0.2) is 307 Å². The van der Waals surface area contributed by atoms with Crippen LogP contribution in [0.3, 0.4) is 0 Å². The smallest absolute Gasteiger partial charge is 0.407 e. The minimum atomic E-state index is -1.23. The summed E-state index contributed by atoms with van der Waals surface area (Å²) in [4.78, 5) is 120. The molecule has 4 amide bonds. The molecule has 0 spiro atoms. The lowest BCUT2D eigenvalue weighted by Crippen LogP contribution is -2.55. The molecule has 0 aromatic rings. The molecule has 17 atom stereocenters. The Hall–Kier alpha value is -4.35. The topological polar surface area (TPSA) is 477 Å². The summed E-state index contributed by atoms with van der Waals surface area (Å²) in [6, 6.07) is -0.0519. The summed E-state index contributed by atoms with van der Waals surface area (Å²) in [6.07, 6.45) is 6.87. The molecule has 0 aromatic carbocycles. The van der Waals surface area contributed by atoms with Gasteiger partial charge in [-0.1, -0.05) is 100 Å². The van der Waals surface area contributed by atoms with Crippen molar-refractivity contribution in [1.82, 2.24) is 20.9 Å². The summed E-state index contributed by atoms with van der Waals surface area (Å²) in [6.45, 7) is 10.5. The first-order chi connectivity index (χ1) is 58.5. The van der Waals surface area contributed by atoms with Crippen LogP contribution >= 0.6 is 21.6 Å². The molecule has 4 rings (SSSR count). The zero-order valence-corrected chi connectivity index (χ0v) is 75.7. The van der Waals surface area contributed by atoms with Gasteiger partial charge in [0.15, 0.2) is 18.9 Å². The van der Waals surface area contributed by atoms with Crippen molar-refractivity contribution in [3.05, 3.63) is 0 Å². The molecule has 0 saturated carbocycles. The van der Waals surface area contributed by atoms with Crippen molar-refractivity contribution >= 4 is 74.7 Å². The molecule has 4 aliphatic rings. The minimum absolute atomic E-state index is 0.0135. The number of nitrogens with zero attached hydrogens (tertiary/aromatic N) is 1. The summed E-state index contributed by atoms with van der Waals surface area (Å²) in [5.74, 6) is -1.95. The van der Waals surface area contributed by atoms with Gasteiger partial charge in [0.1, 0.15) is 54.0 Å². The Balaban J connectivity index is 1.29. The average molecular weight is 1780 g/mol. The molecule has 4 aliphatic heterocycles. The standard InChI is InChI=1S/C87H154N4O29S2/c1-60-76(103)79(106)67(56-92)118-82(60)114-46-25-32-64(95)31-17-11-8-16-24-45-90-85(109)117-51-30-42-87(54-65(96)39-52-121-122-86(4,5)70(97)33-20-21-36-73(100)91-55-66(111-7)53-63(91)59-110-6,40-28-49-112-74(101)37-18-12-9-14-22-43-88-71(98)34-26-47-115-83-61(2)77(104)80(107)68(57-93)119-83)41-29-50-113-75(102)38-19-13-10-15-23-44-89-72(99)35-27-48-116-84-62(3)78(105)81(108)69(58-94)120-84/h60-63,66-69,76-84,92-94,103-108H,8-59H2,1-7H3,(H,88,98)(H,89,99)(H,90,109)/t60?,61?,62?,63-,66+,67?,68?,69?,76?,77?,78?,79?,80?,81?,82?,83?,84?,87?/m1/s1. The van der Waals surface area contributed by atoms with Gasteiger partial charge in [-0.25, -0.2) is 4.79 Å². The van der Waals surface area contributed by atoms with Gasteiger partial charge < -0.3 is 119 Å². The van der Waals surface area contributed by atoms with E-state index in [0.29, 0.717) is 161 Å². The number of Topliss-reactive ketones (excluding diaryl/α,β-unsaturated/α-hetero) is 3. The number of amides is 4. The highest BCUT2D eigenvalue weighted by atomic mass is 33.1. The van der Waals surface area contributed by atoms with E-state index in [-0.39, 0.29) is 137 Å². The van der Waals surface area contributed by atoms with E-state index in [2.05, 4.69) is 16.0 Å². The van der Waals surface area contributed by atoms with Crippen molar-refractivity contribution in [3.63, 3.8) is 0 Å². The Labute approximate surface area is 731 Å². The molecule has 0 aromatic heterocycles. The first-order valence-corrected chi connectivity index (χ1v) is 47.5. The molecule has 122 heavy (non-hydrogen) atoms. The van der Waals surface area contributed by atoms with Crippen LogP contribution in [0.5, 0.6) is 0 Å². The molecular weight excluding hydrogens is 1630 g/mol. The van der Waals surface area contributed by atoms with E-state index in [0.717, 1.165) is 77.0 Å². The first kappa shape index (κ1) is 110. The predicted octanol–water partition coefficient (Wildman–Crippen LogP) is 7.47. The number of unbranched alkanes of at least 4 members (excludes halogenated alkanes) is 13. The third-order valence-corrected chi connectivity index (χ3v) is 26.7. The van der Waals surface area contributed by atoms with Gasteiger partial charge in [-0.05, 0) is 135 Å². The number of hydrogen-bond donors (Lipinski definition) is 12. The highest BCUT2D eigenvalue weighted by molar-refractivity contribution is 8.77. The van der Waals surface area contributed by atoms with Crippen LogP contribution in [0.2, 0.25) is 0 Å². The van der Waals surface area contributed by atoms with Crippen molar-refractivity contribution in [2.24, 2.45) is 23.2 Å². The maximum Gasteiger partial charge on any atom is 0.407 e. The molecule has 4 heterocycles. The van der Waals surface area contributed by atoms with Crippen LogP contribution in [0.4, 0.5) is 4.79 Å². The number of nitrogens with one attached hydrogen (secondary N) is 3. The minimum Gasteiger partial charge on any atom is -0.466 e. The molecule has 0 radical (unpaired) electrons. The van der Waals surface area contributed by atoms with Crippen LogP contribution in [0.1, 0.15) is 272 Å². The Morgan fingerprint density at radius 3 is 1.27 bits per heavy atom. The third-order valence-electron chi connectivity index (χ3n) is 23.5. The van der Waals surface area contributed by atoms with Gasteiger partial charge in [0.05, 0.1) is 101 Å². The largest absolute Gasteiger partial charge is 0.466 e. The van der Waals surface area contributed by atoms with Gasteiger partial charge in [0.2, 0.25) is 17.7 Å². The highest BCUT2D eigenvalue weighted by Crippen LogP contribution is 2.42. The number of likely N-dealkylation sites (tertiary alicyclic amines) is 1. The summed E-state index contributed by atoms with van der Waals surface area (Å²) < 4.78 is 61.4. The molecule has 12 N–H and O–H groups in total. The van der Waals surface area contributed by atoms with E-state index >= 15 is 0 Å². The predicted molar refractivity (Wildman–Crippen MR) is 457 cm³/mol. The lowest BCUT2D eigenvalue weighted by Gasteiger charge is -2.40. The van der Waals surface area contributed by atoms with Crippen LogP contribution in [0.25, 0.3) is 0 Å². The molecule has 15 unspecified atom stereocenters. The molecule has 4 fully saturated rings. The number of aliphatic hydroxyl groups excluding tert-OH is 9. The molecule has 0 aliphatic carbocycles. The van der Waals surface area contributed by atoms with Crippen molar-refractivity contribution in [2.45, 2.75) is 363 Å². The Morgan fingerprint density at radius 1 is 0.434 bits per heavy atom. The van der Waals surface area contributed by atoms with Crippen LogP contribution in [0, 0.1) is 23.2 Å². The van der Waals surface area contributed by atoms with Gasteiger partial charge in [0, 0.05) is 128 Å². The van der Waals surface area contributed by atoms with Crippen molar-refractivity contribution in [3.8, 4) is 0 Å². The quantitative estimate of drug-likeness (QED) is 0.0122. The van der Waals surface area contributed by atoms with E-state index < -0.39 is 128 Å². The molecule has 33 nitrogen and oxygen atoms in total. The number of carbonyl (C=O) groups is 9. The van der Waals surface area contributed by atoms with E-state index in [1.54, 1.807) is 35.0 Å². The fraction of sp³-hybridized carbons (Fsp3) is 0.897. The summed E-state index contributed by atoms with van der Waals surface area (Å²) >= 11 is 0. The van der Waals surface area contributed by atoms with E-state index in [9.17, 15) is 89.1 Å². The van der Waals surface area contributed by atoms with Crippen molar-refractivity contribution < 1.29 is 141 Å². The molecule has 4 saturated heterocycles. The number of ketones is 3. The van der Waals surface area contributed by atoms with Gasteiger partial charge in [-0.2, -0.15) is 0 Å². The third kappa shape index (κ3) is 43.6. The molecule has 35 heteroatoms. The SMILES string of the molecule is COC[C@H]1C[C@H](OC)CN1C(=O)CCCCC(=O)C(C)(C)SSCCC(=O)CC(CCCOC(=O)CCCCCCCNC(=O)CCCOC1OC(CO)C(O)C(O)C1C)(CCCOC(=O)CCCCCCCNC(=O)CCCOC1OC(CO)C(O)C(O)C1C)CCCOC(=O)NCCCCCCCC(=O)CCCOC1OC(CO)C(O)C(O)C1C. The Kier molecular flexibility index (Phi) is 57.3. The zero-order chi connectivity index (χ0) is 89.7. The maximum absolute atomic E-state index is 14.4. The Bertz CT molecular complexity index is 2710. The van der Waals surface area contributed by atoms with E-state index in [1.807, 2.05) is 18.7 Å². The summed E-state index contributed by atoms with van der Waals surface area (Å²) in [7, 11) is 6.12. The number of alkyl carbamates (subject to hydrolysis) is 1. The van der Waals surface area contributed by atoms with E-state index in [4.69, 9.17) is 52.1 Å². The second-order valence-electron chi connectivity index (χ2n) is 34.0. The average Bonchev–Trinajstić information content (AvgIpc) is 1.14. The zero-order valence-electron chi connectivity index (χ0n) is 74.0. The molecule has 0 bridgehead atoms. The van der Waals surface area contributed by atoms with Crippen LogP contribution in [-0.2, 0) is 90.5 Å². The van der Waals surface area contributed by atoms with Crippen molar-refractivity contribution in [2.75, 3.05) is 112 Å². The lowest BCUT2D eigenvalue weighted by molar-refractivity contribution is -0.282. The van der Waals surface area contributed by atoms with Gasteiger partial charge in [-0.15, -0.1) is 0 Å². The second kappa shape index (κ2) is 63.6. The number of methoxy groups -OCH3 is 2. The van der Waals surface area contributed by atoms with Crippen molar-refractivity contribution in [1.29, 1.82) is 0 Å². The van der Waals surface area contributed by atoms with E-state index in [1.165, 1.54) is 21.6 Å². The summed E-state index contributed by atoms with van der Waals surface area (Å²) in [5, 5.41) is 98.4. The van der Waals surface area contributed by atoms with Crippen LogP contribution in [0.15, 0.2) is 0 Å². The number of aliphatic hydroxyl groups is 9. The second-order valence-corrected chi connectivity index (χ2v) is 37.0. The fourth-order valence-corrected chi connectivity index (χ4v) is 18.2. The monoisotopic (exact) mass is 1780 g/mol. The lowest BCUT2D eigenvalue weighted by atomic mass is 9.71. The first-order valence-electron chi connectivity index (χ1n) is 45.2. The van der Waals surface area contributed by atoms with Gasteiger partial charge in [0.25, 0.3) is 0 Å².